The Kier molecular flexibility index (Phi) is 4.00. The molecular formula is C19H19ClN2O3S. The molecule has 0 saturated carbocycles. The lowest BCUT2D eigenvalue weighted by Gasteiger charge is -2.23. The second-order valence-electron chi connectivity index (χ2n) is 6.98. The molecule has 0 aromatic heterocycles. The molecule has 2 aliphatic heterocycles. The smallest absolute Gasteiger partial charge is 0.288 e. The summed E-state index contributed by atoms with van der Waals surface area (Å²) in [5.41, 5.74) is 3.60. The van der Waals surface area contributed by atoms with Gasteiger partial charge >= 0.3 is 6.03 Å². The van der Waals surface area contributed by atoms with E-state index in [9.17, 15) is 13.2 Å². The lowest BCUT2D eigenvalue weighted by molar-refractivity contribution is 0.255. The van der Waals surface area contributed by atoms with Crippen LogP contribution in [0.3, 0.4) is 0 Å². The van der Waals surface area contributed by atoms with Crippen LogP contribution in [0.4, 0.5) is 16.2 Å². The van der Waals surface area contributed by atoms with E-state index in [2.05, 4.69) is 0 Å². The zero-order valence-electron chi connectivity index (χ0n) is 14.5. The highest BCUT2D eigenvalue weighted by Crippen LogP contribution is 2.38. The molecule has 5 nitrogen and oxygen atoms in total. The van der Waals surface area contributed by atoms with Crippen molar-refractivity contribution in [3.05, 3.63) is 58.6 Å². The Morgan fingerprint density at radius 3 is 2.00 bits per heavy atom. The summed E-state index contributed by atoms with van der Waals surface area (Å²) in [6, 6.07) is 11.7. The zero-order chi connectivity index (χ0) is 18.6. The molecule has 26 heavy (non-hydrogen) atoms. The highest BCUT2D eigenvalue weighted by atomic mass is 35.5. The Bertz CT molecular complexity index is 988. The molecule has 0 aliphatic carbocycles. The van der Waals surface area contributed by atoms with Gasteiger partial charge in [-0.3, -0.25) is 9.80 Å². The van der Waals surface area contributed by atoms with Gasteiger partial charge in [0.05, 0.1) is 23.6 Å². The molecule has 2 aromatic rings. The number of aryl methyl sites for hydroxylation is 2. The van der Waals surface area contributed by atoms with E-state index in [1.54, 1.807) is 34.1 Å². The highest BCUT2D eigenvalue weighted by Gasteiger charge is 2.54. The van der Waals surface area contributed by atoms with Gasteiger partial charge < -0.3 is 0 Å². The molecule has 2 amide bonds. The molecule has 136 valence electrons. The third-order valence-corrected chi connectivity index (χ3v) is 7.19. The lowest BCUT2D eigenvalue weighted by Crippen LogP contribution is -2.37. The van der Waals surface area contributed by atoms with Crippen LogP contribution in [0.2, 0.25) is 5.02 Å². The van der Waals surface area contributed by atoms with E-state index < -0.39 is 15.9 Å². The standard InChI is InChI=1S/C19H19ClN2O3S/c1-12-3-6-16(9-13(12)2)22-18-11-26(24,25)10-17(18)21(19(22)23)15-7-4-14(20)5-8-15/h3-9,17-18H,10-11H2,1-2H3. The van der Waals surface area contributed by atoms with Gasteiger partial charge in [-0.05, 0) is 61.4 Å². The molecule has 2 atom stereocenters. The predicted molar refractivity (Wildman–Crippen MR) is 104 cm³/mol. The van der Waals surface area contributed by atoms with Crippen molar-refractivity contribution in [3.63, 3.8) is 0 Å². The molecule has 0 spiro atoms. The van der Waals surface area contributed by atoms with Crippen molar-refractivity contribution in [1.29, 1.82) is 0 Å². The molecule has 2 fully saturated rings. The van der Waals surface area contributed by atoms with Crippen LogP contribution in [0.25, 0.3) is 0 Å². The minimum Gasteiger partial charge on any atom is -0.288 e. The first-order chi connectivity index (χ1) is 12.3. The van der Waals surface area contributed by atoms with Gasteiger partial charge in [0.15, 0.2) is 9.84 Å². The fourth-order valence-corrected chi connectivity index (χ4v) is 5.83. The number of sulfone groups is 1. The van der Waals surface area contributed by atoms with Gasteiger partial charge in [-0.2, -0.15) is 0 Å². The lowest BCUT2D eigenvalue weighted by atomic mass is 10.1. The first kappa shape index (κ1) is 17.4. The van der Waals surface area contributed by atoms with Gasteiger partial charge in [-0.1, -0.05) is 17.7 Å². The summed E-state index contributed by atoms with van der Waals surface area (Å²) in [5.74, 6) is -0.0339. The van der Waals surface area contributed by atoms with Crippen LogP contribution in [-0.2, 0) is 9.84 Å². The quantitative estimate of drug-likeness (QED) is 0.736. The zero-order valence-corrected chi connectivity index (χ0v) is 16.1. The maximum atomic E-state index is 13.2. The summed E-state index contributed by atoms with van der Waals surface area (Å²) >= 11 is 5.96. The number of benzene rings is 2. The number of anilines is 2. The van der Waals surface area contributed by atoms with Crippen LogP contribution in [0.15, 0.2) is 42.5 Å². The Hall–Kier alpha value is -2.05. The van der Waals surface area contributed by atoms with Gasteiger partial charge in [0.25, 0.3) is 0 Å². The third-order valence-electron chi connectivity index (χ3n) is 5.24. The van der Waals surface area contributed by atoms with Crippen molar-refractivity contribution in [3.8, 4) is 0 Å². The summed E-state index contributed by atoms with van der Waals surface area (Å²) in [6.45, 7) is 3.99. The fourth-order valence-electron chi connectivity index (χ4n) is 3.78. The minimum atomic E-state index is -3.20. The van der Waals surface area contributed by atoms with Gasteiger partial charge in [0, 0.05) is 16.4 Å². The van der Waals surface area contributed by atoms with Crippen LogP contribution >= 0.6 is 11.6 Å². The van der Waals surface area contributed by atoms with E-state index >= 15 is 0 Å². The molecule has 0 N–H and O–H groups in total. The van der Waals surface area contributed by atoms with E-state index in [-0.39, 0.29) is 23.6 Å². The molecule has 2 aromatic carbocycles. The molecule has 4 rings (SSSR count). The fraction of sp³-hybridized carbons (Fsp3) is 0.316. The normalized spacial score (nSPS) is 24.2. The topological polar surface area (TPSA) is 57.7 Å². The van der Waals surface area contributed by atoms with E-state index in [0.717, 1.165) is 16.8 Å². The number of nitrogens with zero attached hydrogens (tertiary/aromatic N) is 2. The van der Waals surface area contributed by atoms with E-state index in [0.29, 0.717) is 10.7 Å². The first-order valence-corrected chi connectivity index (χ1v) is 10.6. The summed E-state index contributed by atoms with van der Waals surface area (Å²) in [5, 5.41) is 0.571. The molecule has 2 saturated heterocycles. The van der Waals surface area contributed by atoms with Crippen LogP contribution in [0.5, 0.6) is 0 Å². The molecule has 2 heterocycles. The van der Waals surface area contributed by atoms with Crippen LogP contribution in [0, 0.1) is 13.8 Å². The SMILES string of the molecule is Cc1ccc(N2C(=O)N(c3ccc(Cl)cc3)C3CS(=O)(=O)CC32)cc1C. The average molecular weight is 391 g/mol. The van der Waals surface area contributed by atoms with Crippen LogP contribution in [0.1, 0.15) is 11.1 Å². The Morgan fingerprint density at radius 2 is 1.42 bits per heavy atom. The number of rotatable bonds is 2. The first-order valence-electron chi connectivity index (χ1n) is 8.42. The van der Waals surface area contributed by atoms with Crippen molar-refractivity contribution in [2.75, 3.05) is 21.3 Å². The second kappa shape index (κ2) is 5.99. The number of hydrogen-bond donors (Lipinski definition) is 0. The minimum absolute atomic E-state index is 0.0135. The van der Waals surface area contributed by atoms with Gasteiger partial charge in [0.2, 0.25) is 0 Å². The molecule has 0 radical (unpaired) electrons. The number of hydrogen-bond acceptors (Lipinski definition) is 3. The monoisotopic (exact) mass is 390 g/mol. The summed E-state index contributed by atoms with van der Waals surface area (Å²) < 4.78 is 24.6. The summed E-state index contributed by atoms with van der Waals surface area (Å²) in [6.07, 6.45) is 0. The summed E-state index contributed by atoms with van der Waals surface area (Å²) in [4.78, 5) is 16.5. The maximum absolute atomic E-state index is 13.2. The Labute approximate surface area is 158 Å². The number of urea groups is 1. The molecule has 7 heteroatoms. The number of amides is 2. The number of fused-ring (bicyclic) bond motifs is 1. The van der Waals surface area contributed by atoms with Gasteiger partial charge in [-0.25, -0.2) is 13.2 Å². The van der Waals surface area contributed by atoms with Crippen molar-refractivity contribution in [2.24, 2.45) is 0 Å². The largest absolute Gasteiger partial charge is 0.329 e. The average Bonchev–Trinajstić information content (AvgIpc) is 3.00. The van der Waals surface area contributed by atoms with Crippen molar-refractivity contribution >= 4 is 38.8 Å². The number of carbonyl (C=O) groups is 1. The van der Waals surface area contributed by atoms with Gasteiger partial charge in [-0.15, -0.1) is 0 Å². The van der Waals surface area contributed by atoms with Gasteiger partial charge in [0.1, 0.15) is 0 Å². The van der Waals surface area contributed by atoms with Crippen molar-refractivity contribution in [2.45, 2.75) is 25.9 Å². The predicted octanol–water partition coefficient (Wildman–Crippen LogP) is 3.57. The maximum Gasteiger partial charge on any atom is 0.329 e. The number of halogens is 1. The van der Waals surface area contributed by atoms with E-state index in [1.807, 2.05) is 32.0 Å². The molecule has 2 unspecified atom stereocenters. The van der Waals surface area contributed by atoms with Crippen molar-refractivity contribution < 1.29 is 13.2 Å². The second-order valence-corrected chi connectivity index (χ2v) is 9.57. The van der Waals surface area contributed by atoms with E-state index in [4.69, 9.17) is 11.6 Å². The van der Waals surface area contributed by atoms with E-state index in [1.165, 1.54) is 0 Å². The summed E-state index contributed by atoms with van der Waals surface area (Å²) in [7, 11) is -3.20. The highest BCUT2D eigenvalue weighted by molar-refractivity contribution is 7.91. The molecular weight excluding hydrogens is 372 g/mol. The molecule has 0 bridgehead atoms. The Balaban J connectivity index is 1.81. The third kappa shape index (κ3) is 2.77. The molecule has 2 aliphatic rings. The van der Waals surface area contributed by atoms with Crippen molar-refractivity contribution in [1.82, 2.24) is 0 Å². The van der Waals surface area contributed by atoms with Crippen LogP contribution < -0.4 is 9.80 Å². The Morgan fingerprint density at radius 1 is 0.885 bits per heavy atom. The van der Waals surface area contributed by atoms with Crippen LogP contribution in [-0.4, -0.2) is 38.0 Å². The number of carbonyl (C=O) groups excluding carboxylic acids is 1.